The monoisotopic (exact) mass is 572 g/mol. The number of carbonyl (C=O) groups is 2. The molecule has 1 saturated carbocycles. The molecule has 33 heavy (non-hydrogen) atoms. The number of methoxy groups -OCH3 is 1. The van der Waals surface area contributed by atoms with Gasteiger partial charge in [-0.25, -0.2) is 0 Å². The number of fused-ring (bicyclic) bond motifs is 1. The lowest BCUT2D eigenvalue weighted by molar-refractivity contribution is -0.140. The normalized spacial score (nSPS) is 25.7. The third-order valence-corrected chi connectivity index (χ3v) is 7.72. The number of carbonyl (C=O) groups excluding carboxylic acids is 2. The van der Waals surface area contributed by atoms with Crippen molar-refractivity contribution in [2.75, 3.05) is 7.11 Å². The summed E-state index contributed by atoms with van der Waals surface area (Å²) in [7, 11) is 1.57. The number of benzene rings is 2. The average molecular weight is 574 g/mol. The summed E-state index contributed by atoms with van der Waals surface area (Å²) >= 11 is 6.97. The van der Waals surface area contributed by atoms with Gasteiger partial charge in [0.25, 0.3) is 11.8 Å². The van der Waals surface area contributed by atoms with E-state index in [0.717, 1.165) is 27.9 Å². The second-order valence-corrected chi connectivity index (χ2v) is 10.3. The molecule has 4 aliphatic rings. The number of amides is 2. The van der Waals surface area contributed by atoms with Crippen LogP contribution in [-0.2, 0) is 16.2 Å². The number of hydrogen-bond donors (Lipinski definition) is 0. The van der Waals surface area contributed by atoms with Gasteiger partial charge in [0.05, 0.1) is 29.6 Å². The van der Waals surface area contributed by atoms with Crippen LogP contribution in [0.5, 0.6) is 11.5 Å². The van der Waals surface area contributed by atoms with Crippen molar-refractivity contribution in [3.8, 4) is 11.5 Å². The second kappa shape index (κ2) is 9.06. The zero-order chi connectivity index (χ0) is 23.1. The number of nitrogens with zero attached hydrogens (tertiary/aromatic N) is 2. The minimum Gasteiger partial charge on any atom is -0.493 e. The van der Waals surface area contributed by atoms with E-state index < -0.39 is 0 Å². The molecule has 1 saturated heterocycles. The average Bonchev–Trinajstić information content (AvgIpc) is 3.10. The molecule has 0 N–H and O–H groups in total. The SMILES string of the molecule is COc1cc(/C=N\N2C(=O)[C@H]3[C@H](C2=O)[C@H]2C=C[C@H]3CC2)cc(Br)c1OCc1ccc(Br)cc1. The van der Waals surface area contributed by atoms with E-state index in [0.29, 0.717) is 28.1 Å². The lowest BCUT2D eigenvalue weighted by atomic mass is 9.63. The van der Waals surface area contributed by atoms with Gasteiger partial charge in [-0.05, 0) is 76.0 Å². The first-order valence-corrected chi connectivity index (χ1v) is 12.4. The first-order chi connectivity index (χ1) is 16.0. The summed E-state index contributed by atoms with van der Waals surface area (Å²) in [5.74, 6) is 0.461. The van der Waals surface area contributed by atoms with Crippen LogP contribution >= 0.6 is 31.9 Å². The minimum atomic E-state index is -0.269. The predicted octanol–water partition coefficient (Wildman–Crippen LogP) is 5.33. The number of hydrogen-bond acceptors (Lipinski definition) is 5. The number of ether oxygens (including phenoxy) is 2. The van der Waals surface area contributed by atoms with E-state index in [9.17, 15) is 9.59 Å². The van der Waals surface area contributed by atoms with E-state index >= 15 is 0 Å². The molecule has 2 aromatic rings. The number of rotatable bonds is 6. The van der Waals surface area contributed by atoms with Crippen molar-refractivity contribution in [1.29, 1.82) is 0 Å². The summed E-state index contributed by atoms with van der Waals surface area (Å²) in [5, 5.41) is 5.35. The van der Waals surface area contributed by atoms with E-state index in [4.69, 9.17) is 9.47 Å². The van der Waals surface area contributed by atoms with Crippen LogP contribution in [0.4, 0.5) is 0 Å². The Labute approximate surface area is 208 Å². The van der Waals surface area contributed by atoms with E-state index in [-0.39, 0.29) is 35.5 Å². The fraction of sp³-hybridized carbons (Fsp3) is 0.320. The highest BCUT2D eigenvalue weighted by Crippen LogP contribution is 2.49. The maximum atomic E-state index is 12.9. The summed E-state index contributed by atoms with van der Waals surface area (Å²) in [4.78, 5) is 25.9. The molecule has 2 bridgehead atoms. The van der Waals surface area contributed by atoms with Gasteiger partial charge in [0.1, 0.15) is 6.61 Å². The Morgan fingerprint density at radius 3 is 2.24 bits per heavy atom. The molecule has 4 atom stereocenters. The Kier molecular flexibility index (Phi) is 6.14. The molecule has 1 heterocycles. The molecule has 0 unspecified atom stereocenters. The molecule has 3 aliphatic carbocycles. The Hall–Kier alpha value is -2.45. The van der Waals surface area contributed by atoms with Crippen LogP contribution in [0, 0.1) is 23.7 Å². The fourth-order valence-electron chi connectivity index (χ4n) is 4.99. The lowest BCUT2D eigenvalue weighted by Crippen LogP contribution is -2.38. The maximum absolute atomic E-state index is 12.9. The van der Waals surface area contributed by atoms with Gasteiger partial charge >= 0.3 is 0 Å². The molecule has 6 nitrogen and oxygen atoms in total. The Bertz CT molecular complexity index is 1130. The topological polar surface area (TPSA) is 68.2 Å². The summed E-state index contributed by atoms with van der Waals surface area (Å²) in [6.45, 7) is 0.381. The summed E-state index contributed by atoms with van der Waals surface area (Å²) in [6, 6.07) is 11.5. The molecular formula is C25H22Br2N2O4. The van der Waals surface area contributed by atoms with Crippen LogP contribution in [0.1, 0.15) is 24.0 Å². The van der Waals surface area contributed by atoms with Gasteiger partial charge in [-0.15, -0.1) is 0 Å². The van der Waals surface area contributed by atoms with Gasteiger partial charge < -0.3 is 9.47 Å². The van der Waals surface area contributed by atoms with Crippen molar-refractivity contribution in [2.45, 2.75) is 19.4 Å². The molecular weight excluding hydrogens is 552 g/mol. The Morgan fingerprint density at radius 1 is 1.03 bits per heavy atom. The van der Waals surface area contributed by atoms with Crippen LogP contribution in [-0.4, -0.2) is 30.1 Å². The molecule has 2 fully saturated rings. The van der Waals surface area contributed by atoms with Crippen molar-refractivity contribution < 1.29 is 19.1 Å². The molecule has 170 valence electrons. The van der Waals surface area contributed by atoms with Crippen molar-refractivity contribution in [3.05, 3.63) is 68.6 Å². The Balaban J connectivity index is 1.34. The number of imide groups is 1. The molecule has 8 heteroatoms. The van der Waals surface area contributed by atoms with E-state index in [1.807, 2.05) is 30.3 Å². The summed E-state index contributed by atoms with van der Waals surface area (Å²) in [5.41, 5.74) is 1.71. The Morgan fingerprint density at radius 2 is 1.67 bits per heavy atom. The summed E-state index contributed by atoms with van der Waals surface area (Å²) < 4.78 is 13.2. The van der Waals surface area contributed by atoms with Gasteiger partial charge in [-0.3, -0.25) is 9.59 Å². The molecule has 2 aromatic carbocycles. The van der Waals surface area contributed by atoms with Crippen LogP contribution < -0.4 is 9.47 Å². The minimum absolute atomic E-state index is 0.146. The van der Waals surface area contributed by atoms with Gasteiger partial charge in [-0.1, -0.05) is 40.2 Å². The smallest absolute Gasteiger partial charge is 0.254 e. The van der Waals surface area contributed by atoms with Crippen molar-refractivity contribution in [1.82, 2.24) is 5.01 Å². The standard InChI is InChI=1S/C25H22Br2N2O4/c1-32-20-11-15(10-19(27)23(20)33-13-14-2-8-18(26)9-3-14)12-28-29-24(30)21-16-4-5-17(7-6-16)22(21)25(29)31/h2-5,8-12,16-17,21-22H,6-7,13H2,1H3/b28-12-/t16-,17-,21+,22+/m0/s1. The molecule has 0 radical (unpaired) electrons. The lowest BCUT2D eigenvalue weighted by Gasteiger charge is -2.37. The highest BCUT2D eigenvalue weighted by atomic mass is 79.9. The molecule has 0 spiro atoms. The van der Waals surface area contributed by atoms with Crippen molar-refractivity contribution >= 4 is 49.9 Å². The van der Waals surface area contributed by atoms with E-state index in [1.54, 1.807) is 13.2 Å². The molecule has 6 rings (SSSR count). The summed E-state index contributed by atoms with van der Waals surface area (Å²) in [6.07, 6.45) is 7.65. The number of hydrazone groups is 1. The van der Waals surface area contributed by atoms with E-state index in [1.165, 1.54) is 6.21 Å². The number of allylic oxidation sites excluding steroid dienone is 2. The first-order valence-electron chi connectivity index (χ1n) is 10.8. The largest absolute Gasteiger partial charge is 0.493 e. The van der Waals surface area contributed by atoms with Crippen LogP contribution in [0.15, 0.2) is 62.6 Å². The van der Waals surface area contributed by atoms with Gasteiger partial charge in [0.15, 0.2) is 11.5 Å². The highest BCUT2D eigenvalue weighted by molar-refractivity contribution is 9.10. The van der Waals surface area contributed by atoms with Crippen molar-refractivity contribution in [3.63, 3.8) is 0 Å². The van der Waals surface area contributed by atoms with Gasteiger partial charge in [0.2, 0.25) is 0 Å². The molecule has 0 aromatic heterocycles. The van der Waals surface area contributed by atoms with Crippen molar-refractivity contribution in [2.24, 2.45) is 28.8 Å². The molecule has 2 amide bonds. The zero-order valence-corrected chi connectivity index (χ0v) is 21.1. The van der Waals surface area contributed by atoms with E-state index in [2.05, 4.69) is 49.1 Å². The second-order valence-electron chi connectivity index (χ2n) is 8.52. The first kappa shape index (κ1) is 22.3. The van der Waals surface area contributed by atoms with Crippen LogP contribution in [0.2, 0.25) is 0 Å². The van der Waals surface area contributed by atoms with Crippen LogP contribution in [0.3, 0.4) is 0 Å². The third kappa shape index (κ3) is 4.15. The predicted molar refractivity (Wildman–Crippen MR) is 131 cm³/mol. The maximum Gasteiger partial charge on any atom is 0.254 e. The molecule has 1 aliphatic heterocycles. The zero-order valence-electron chi connectivity index (χ0n) is 17.9. The fourth-order valence-corrected chi connectivity index (χ4v) is 5.83. The van der Waals surface area contributed by atoms with Crippen LogP contribution in [0.25, 0.3) is 0 Å². The van der Waals surface area contributed by atoms with Gasteiger partial charge in [-0.2, -0.15) is 10.1 Å². The highest BCUT2D eigenvalue weighted by Gasteiger charge is 2.56. The number of halogens is 2. The quantitative estimate of drug-likeness (QED) is 0.266. The van der Waals surface area contributed by atoms with Gasteiger partial charge in [0, 0.05) is 4.47 Å². The third-order valence-electron chi connectivity index (χ3n) is 6.61.